The maximum atomic E-state index is 12.1. The second kappa shape index (κ2) is 4.02. The molecule has 1 saturated heterocycles. The van der Waals surface area contributed by atoms with Crippen LogP contribution >= 0.6 is 0 Å². The molecule has 0 N–H and O–H groups in total. The summed E-state index contributed by atoms with van der Waals surface area (Å²) in [6.45, 7) is 3.04. The summed E-state index contributed by atoms with van der Waals surface area (Å²) in [6.07, 6.45) is 9.93. The number of piperidine rings is 1. The molecule has 0 aromatic heterocycles. The van der Waals surface area contributed by atoms with Crippen molar-refractivity contribution in [1.82, 2.24) is 4.90 Å². The minimum Gasteiger partial charge on any atom is -0.296 e. The Morgan fingerprint density at radius 3 is 3.22 bits per heavy atom. The number of ketones is 1. The molecule has 0 spiro atoms. The van der Waals surface area contributed by atoms with Crippen LogP contribution in [0.3, 0.4) is 0 Å². The smallest absolute Gasteiger partial charge is 0.159 e. The summed E-state index contributed by atoms with van der Waals surface area (Å²) in [5.41, 5.74) is 0. The topological polar surface area (TPSA) is 32.7 Å². The number of carbonyl (C=O) groups excluding carboxylic acids is 1. The summed E-state index contributed by atoms with van der Waals surface area (Å²) in [5.74, 6) is 2.45. The quantitative estimate of drug-likeness (QED) is 0.647. The lowest BCUT2D eigenvalue weighted by Crippen LogP contribution is -2.58. The Kier molecular flexibility index (Phi) is 2.44. The van der Waals surface area contributed by atoms with Gasteiger partial charge in [0.2, 0.25) is 0 Å². The summed E-state index contributed by atoms with van der Waals surface area (Å²) in [7, 11) is 0. The SMILES string of the molecule is O=C1C=CC2CN3CC=NCC4CCCC(C12)C43. The van der Waals surface area contributed by atoms with Crippen molar-refractivity contribution < 1.29 is 4.79 Å². The Morgan fingerprint density at radius 2 is 2.28 bits per heavy atom. The highest BCUT2D eigenvalue weighted by atomic mass is 16.1. The van der Waals surface area contributed by atoms with E-state index in [1.165, 1.54) is 19.3 Å². The van der Waals surface area contributed by atoms with Gasteiger partial charge in [0.05, 0.1) is 0 Å². The summed E-state index contributed by atoms with van der Waals surface area (Å²) < 4.78 is 0. The Morgan fingerprint density at radius 1 is 1.33 bits per heavy atom. The third kappa shape index (κ3) is 1.46. The van der Waals surface area contributed by atoms with Gasteiger partial charge in [-0.1, -0.05) is 12.5 Å². The zero-order valence-corrected chi connectivity index (χ0v) is 10.7. The van der Waals surface area contributed by atoms with Gasteiger partial charge in [-0.3, -0.25) is 14.7 Å². The van der Waals surface area contributed by atoms with Crippen LogP contribution in [0, 0.1) is 23.7 Å². The first kappa shape index (κ1) is 10.9. The van der Waals surface area contributed by atoms with E-state index in [0.29, 0.717) is 35.5 Å². The van der Waals surface area contributed by atoms with E-state index in [2.05, 4.69) is 22.2 Å². The van der Waals surface area contributed by atoms with Gasteiger partial charge in [-0.2, -0.15) is 0 Å². The first-order valence-electron chi connectivity index (χ1n) is 7.29. The number of aliphatic imine (C=N–C) groups is 1. The molecule has 5 atom stereocenters. The molecule has 2 aliphatic heterocycles. The molecule has 0 bridgehead atoms. The summed E-state index contributed by atoms with van der Waals surface area (Å²) in [5, 5.41) is 0. The highest BCUT2D eigenvalue weighted by Gasteiger charge is 2.50. The number of rotatable bonds is 0. The zero-order valence-electron chi connectivity index (χ0n) is 10.7. The molecule has 0 radical (unpaired) electrons. The van der Waals surface area contributed by atoms with Gasteiger partial charge in [-0.05, 0) is 30.8 Å². The monoisotopic (exact) mass is 244 g/mol. The van der Waals surface area contributed by atoms with Crippen molar-refractivity contribution >= 4 is 12.0 Å². The standard InChI is InChI=1S/C15H20N2O/c18-13-5-4-11-9-17-7-6-16-8-10-2-1-3-12(14(11)13)15(10)17/h4-6,10-12,14-15H,1-3,7-9H2. The Hall–Kier alpha value is -0.960. The van der Waals surface area contributed by atoms with Crippen LogP contribution in [-0.2, 0) is 4.79 Å². The van der Waals surface area contributed by atoms with E-state index < -0.39 is 0 Å². The van der Waals surface area contributed by atoms with Gasteiger partial charge in [0.25, 0.3) is 0 Å². The molecule has 18 heavy (non-hydrogen) atoms. The minimum absolute atomic E-state index is 0.298. The molecule has 0 amide bonds. The molecule has 3 nitrogen and oxygen atoms in total. The van der Waals surface area contributed by atoms with Crippen molar-refractivity contribution in [2.24, 2.45) is 28.7 Å². The average molecular weight is 244 g/mol. The Balaban J connectivity index is 1.71. The molecule has 5 unspecified atom stereocenters. The van der Waals surface area contributed by atoms with Crippen LogP contribution in [0.15, 0.2) is 17.1 Å². The van der Waals surface area contributed by atoms with Gasteiger partial charge in [0, 0.05) is 43.7 Å². The Labute approximate surface area is 108 Å². The highest BCUT2D eigenvalue weighted by molar-refractivity contribution is 5.95. The van der Waals surface area contributed by atoms with Crippen LogP contribution in [-0.4, -0.2) is 42.6 Å². The van der Waals surface area contributed by atoms with E-state index in [4.69, 9.17) is 0 Å². The molecule has 4 rings (SSSR count). The Bertz CT molecular complexity index is 428. The molecule has 2 aliphatic carbocycles. The van der Waals surface area contributed by atoms with Crippen molar-refractivity contribution in [2.45, 2.75) is 25.3 Å². The lowest BCUT2D eigenvalue weighted by molar-refractivity contribution is -0.125. The van der Waals surface area contributed by atoms with Crippen LogP contribution in [0.4, 0.5) is 0 Å². The second-order valence-corrected chi connectivity index (χ2v) is 6.30. The number of hydrogen-bond acceptors (Lipinski definition) is 3. The molecule has 4 aliphatic rings. The van der Waals surface area contributed by atoms with Crippen LogP contribution in [0.5, 0.6) is 0 Å². The van der Waals surface area contributed by atoms with Gasteiger partial charge < -0.3 is 0 Å². The van der Waals surface area contributed by atoms with E-state index in [1.807, 2.05) is 6.08 Å². The summed E-state index contributed by atoms with van der Waals surface area (Å²) in [6, 6.07) is 0.617. The number of hydrogen-bond donors (Lipinski definition) is 0. The third-order valence-electron chi connectivity index (χ3n) is 5.44. The number of fused-ring (bicyclic) bond motifs is 2. The van der Waals surface area contributed by atoms with E-state index in [9.17, 15) is 4.79 Å². The summed E-state index contributed by atoms with van der Waals surface area (Å²) in [4.78, 5) is 19.3. The van der Waals surface area contributed by atoms with Crippen LogP contribution in [0.2, 0.25) is 0 Å². The first-order valence-corrected chi connectivity index (χ1v) is 7.29. The molecule has 1 saturated carbocycles. The molecule has 0 aromatic rings. The van der Waals surface area contributed by atoms with Crippen LogP contribution < -0.4 is 0 Å². The average Bonchev–Trinajstić information content (AvgIpc) is 2.63. The summed E-state index contributed by atoms with van der Waals surface area (Å²) >= 11 is 0. The molecule has 2 fully saturated rings. The predicted octanol–water partition coefficient (Wildman–Crippen LogP) is 1.54. The van der Waals surface area contributed by atoms with Crippen LogP contribution in [0.1, 0.15) is 19.3 Å². The normalized spacial score (nSPS) is 46.7. The van der Waals surface area contributed by atoms with E-state index >= 15 is 0 Å². The van der Waals surface area contributed by atoms with Gasteiger partial charge in [0.15, 0.2) is 5.78 Å². The minimum atomic E-state index is 0.298. The van der Waals surface area contributed by atoms with Crippen molar-refractivity contribution in [3.8, 4) is 0 Å². The first-order chi connectivity index (χ1) is 8.84. The fraction of sp³-hybridized carbons (Fsp3) is 0.733. The van der Waals surface area contributed by atoms with Gasteiger partial charge in [-0.25, -0.2) is 0 Å². The molecule has 2 heterocycles. The van der Waals surface area contributed by atoms with E-state index in [0.717, 1.165) is 19.6 Å². The van der Waals surface area contributed by atoms with Crippen molar-refractivity contribution in [1.29, 1.82) is 0 Å². The lowest BCUT2D eigenvalue weighted by Gasteiger charge is -2.51. The van der Waals surface area contributed by atoms with Crippen molar-refractivity contribution in [3.05, 3.63) is 12.2 Å². The molecule has 3 heteroatoms. The van der Waals surface area contributed by atoms with Gasteiger partial charge in [0.1, 0.15) is 0 Å². The fourth-order valence-electron chi connectivity index (χ4n) is 4.79. The fourth-order valence-corrected chi connectivity index (χ4v) is 4.79. The highest BCUT2D eigenvalue weighted by Crippen LogP contribution is 2.46. The van der Waals surface area contributed by atoms with Crippen molar-refractivity contribution in [2.75, 3.05) is 19.6 Å². The number of allylic oxidation sites excluding steroid dienone is 1. The largest absolute Gasteiger partial charge is 0.296 e. The van der Waals surface area contributed by atoms with E-state index in [1.54, 1.807) is 0 Å². The lowest BCUT2D eigenvalue weighted by atomic mass is 9.65. The van der Waals surface area contributed by atoms with Crippen molar-refractivity contribution in [3.63, 3.8) is 0 Å². The molecular weight excluding hydrogens is 224 g/mol. The molecular formula is C15H20N2O. The molecule has 96 valence electrons. The third-order valence-corrected chi connectivity index (χ3v) is 5.44. The predicted molar refractivity (Wildman–Crippen MR) is 70.7 cm³/mol. The maximum Gasteiger partial charge on any atom is 0.159 e. The van der Waals surface area contributed by atoms with Crippen LogP contribution in [0.25, 0.3) is 0 Å². The maximum absolute atomic E-state index is 12.1. The van der Waals surface area contributed by atoms with Gasteiger partial charge >= 0.3 is 0 Å². The number of nitrogens with zero attached hydrogens (tertiary/aromatic N) is 2. The van der Waals surface area contributed by atoms with Gasteiger partial charge in [-0.15, -0.1) is 0 Å². The number of carbonyl (C=O) groups is 1. The molecule has 0 aromatic carbocycles. The second-order valence-electron chi connectivity index (χ2n) is 6.30. The van der Waals surface area contributed by atoms with E-state index in [-0.39, 0.29) is 0 Å². The zero-order chi connectivity index (χ0) is 12.1.